The first kappa shape index (κ1) is 11.8. The normalized spacial score (nSPS) is 23.8. The molecule has 0 saturated carbocycles. The van der Waals surface area contributed by atoms with E-state index in [0.29, 0.717) is 18.0 Å². The van der Waals surface area contributed by atoms with E-state index < -0.39 is 0 Å². The van der Waals surface area contributed by atoms with Crippen LogP contribution < -0.4 is 0 Å². The largest absolute Gasteiger partial charge is 0.329 e. The molecule has 0 bridgehead atoms. The van der Waals surface area contributed by atoms with Gasteiger partial charge in [-0.3, -0.25) is 4.79 Å². The monoisotopic (exact) mass is 231 g/mol. The smallest absolute Gasteiger partial charge is 0.254 e. The molecule has 1 aromatic carbocycles. The number of nitrogens with zero attached hydrogens (tertiary/aromatic N) is 1. The van der Waals surface area contributed by atoms with Gasteiger partial charge in [-0.15, -0.1) is 0 Å². The van der Waals surface area contributed by atoms with Gasteiger partial charge in [-0.1, -0.05) is 24.6 Å². The SMILES string of the molecule is Cc1cccc(C(=O)N2CC(C)CC2C=O)c1. The molecule has 1 fully saturated rings. The number of aldehydes is 1. The molecule has 1 aliphatic rings. The molecule has 90 valence electrons. The van der Waals surface area contributed by atoms with Crippen molar-refractivity contribution in [2.45, 2.75) is 26.3 Å². The van der Waals surface area contributed by atoms with Crippen LogP contribution in [0.25, 0.3) is 0 Å². The van der Waals surface area contributed by atoms with E-state index in [4.69, 9.17) is 0 Å². The fourth-order valence-electron chi connectivity index (χ4n) is 2.39. The molecule has 17 heavy (non-hydrogen) atoms. The molecular formula is C14H17NO2. The maximum atomic E-state index is 12.3. The van der Waals surface area contributed by atoms with Gasteiger partial charge in [0, 0.05) is 12.1 Å². The molecule has 1 saturated heterocycles. The standard InChI is InChI=1S/C14H17NO2/c1-10-4-3-5-12(6-10)14(17)15-8-11(2)7-13(15)9-16/h3-6,9,11,13H,7-8H2,1-2H3. The molecule has 2 atom stereocenters. The first-order valence-corrected chi connectivity index (χ1v) is 5.94. The summed E-state index contributed by atoms with van der Waals surface area (Å²) in [7, 11) is 0. The van der Waals surface area contributed by atoms with Crippen LogP contribution in [0.3, 0.4) is 0 Å². The third-order valence-corrected chi connectivity index (χ3v) is 3.24. The highest BCUT2D eigenvalue weighted by atomic mass is 16.2. The first-order chi connectivity index (χ1) is 8.11. The number of carbonyl (C=O) groups excluding carboxylic acids is 2. The van der Waals surface area contributed by atoms with Crippen molar-refractivity contribution >= 4 is 12.2 Å². The van der Waals surface area contributed by atoms with Gasteiger partial charge >= 0.3 is 0 Å². The van der Waals surface area contributed by atoms with Crippen molar-refractivity contribution in [3.8, 4) is 0 Å². The molecule has 3 nitrogen and oxygen atoms in total. The van der Waals surface area contributed by atoms with E-state index in [-0.39, 0.29) is 11.9 Å². The van der Waals surface area contributed by atoms with Crippen LogP contribution in [-0.2, 0) is 4.79 Å². The molecule has 1 heterocycles. The zero-order valence-electron chi connectivity index (χ0n) is 10.2. The van der Waals surface area contributed by atoms with Gasteiger partial charge in [0.25, 0.3) is 5.91 Å². The van der Waals surface area contributed by atoms with E-state index in [9.17, 15) is 9.59 Å². The molecule has 3 heteroatoms. The van der Waals surface area contributed by atoms with E-state index in [2.05, 4.69) is 6.92 Å². The van der Waals surface area contributed by atoms with Crippen LogP contribution in [0, 0.1) is 12.8 Å². The van der Waals surface area contributed by atoms with Crippen molar-refractivity contribution in [1.82, 2.24) is 4.90 Å². The minimum Gasteiger partial charge on any atom is -0.329 e. The van der Waals surface area contributed by atoms with E-state index in [0.717, 1.165) is 18.3 Å². The highest BCUT2D eigenvalue weighted by Crippen LogP contribution is 2.23. The van der Waals surface area contributed by atoms with Gasteiger partial charge in [0.15, 0.2) is 0 Å². The van der Waals surface area contributed by atoms with Gasteiger partial charge < -0.3 is 9.69 Å². The molecule has 0 aromatic heterocycles. The van der Waals surface area contributed by atoms with Gasteiger partial charge in [-0.25, -0.2) is 0 Å². The maximum absolute atomic E-state index is 12.3. The second kappa shape index (κ2) is 4.70. The number of hydrogen-bond acceptors (Lipinski definition) is 2. The number of amides is 1. The zero-order valence-corrected chi connectivity index (χ0v) is 10.2. The van der Waals surface area contributed by atoms with Gasteiger partial charge in [-0.05, 0) is 31.4 Å². The Kier molecular flexibility index (Phi) is 3.27. The Labute approximate surface area is 101 Å². The van der Waals surface area contributed by atoms with Crippen molar-refractivity contribution in [2.24, 2.45) is 5.92 Å². The Morgan fingerprint density at radius 3 is 2.88 bits per heavy atom. The van der Waals surface area contributed by atoms with Gasteiger partial charge in [0.2, 0.25) is 0 Å². The minimum atomic E-state index is -0.252. The number of aryl methyl sites for hydroxylation is 1. The Hall–Kier alpha value is -1.64. The molecule has 0 spiro atoms. The lowest BCUT2D eigenvalue weighted by Crippen LogP contribution is -2.36. The highest BCUT2D eigenvalue weighted by molar-refractivity contribution is 5.96. The highest BCUT2D eigenvalue weighted by Gasteiger charge is 2.33. The first-order valence-electron chi connectivity index (χ1n) is 5.94. The van der Waals surface area contributed by atoms with Crippen LogP contribution in [0.1, 0.15) is 29.3 Å². The van der Waals surface area contributed by atoms with Crippen molar-refractivity contribution in [2.75, 3.05) is 6.54 Å². The van der Waals surface area contributed by atoms with Crippen molar-refractivity contribution < 1.29 is 9.59 Å². The predicted octanol–water partition coefficient (Wildman–Crippen LogP) is 2.04. The summed E-state index contributed by atoms with van der Waals surface area (Å²) in [6.07, 6.45) is 1.66. The summed E-state index contributed by atoms with van der Waals surface area (Å²) in [6.45, 7) is 4.71. The number of benzene rings is 1. The number of rotatable bonds is 2. The third kappa shape index (κ3) is 2.38. The number of carbonyl (C=O) groups is 2. The summed E-state index contributed by atoms with van der Waals surface area (Å²) in [5, 5.41) is 0. The van der Waals surface area contributed by atoms with Crippen molar-refractivity contribution in [1.29, 1.82) is 0 Å². The van der Waals surface area contributed by atoms with Crippen molar-refractivity contribution in [3.63, 3.8) is 0 Å². The summed E-state index contributed by atoms with van der Waals surface area (Å²) >= 11 is 0. The lowest BCUT2D eigenvalue weighted by molar-refractivity contribution is -0.111. The van der Waals surface area contributed by atoms with E-state index in [1.165, 1.54) is 0 Å². The average Bonchev–Trinajstić information content (AvgIpc) is 2.69. The van der Waals surface area contributed by atoms with Crippen LogP contribution >= 0.6 is 0 Å². The van der Waals surface area contributed by atoms with Crippen LogP contribution in [0.5, 0.6) is 0 Å². The third-order valence-electron chi connectivity index (χ3n) is 3.24. The molecule has 1 aromatic rings. The molecule has 2 rings (SSSR count). The second-order valence-corrected chi connectivity index (χ2v) is 4.87. The van der Waals surface area contributed by atoms with Crippen LogP contribution in [0.2, 0.25) is 0 Å². The number of likely N-dealkylation sites (tertiary alicyclic amines) is 1. The summed E-state index contributed by atoms with van der Waals surface area (Å²) in [6, 6.07) is 7.25. The van der Waals surface area contributed by atoms with E-state index >= 15 is 0 Å². The molecule has 0 radical (unpaired) electrons. The van der Waals surface area contributed by atoms with Crippen LogP contribution in [0.15, 0.2) is 24.3 Å². The van der Waals surface area contributed by atoms with Gasteiger partial charge in [-0.2, -0.15) is 0 Å². The average molecular weight is 231 g/mol. The van der Waals surface area contributed by atoms with E-state index in [1.54, 1.807) is 11.0 Å². The quantitative estimate of drug-likeness (QED) is 0.730. The Morgan fingerprint density at radius 1 is 1.47 bits per heavy atom. The molecule has 2 unspecified atom stereocenters. The van der Waals surface area contributed by atoms with Gasteiger partial charge in [0.05, 0.1) is 6.04 Å². The second-order valence-electron chi connectivity index (χ2n) is 4.87. The predicted molar refractivity (Wildman–Crippen MR) is 65.8 cm³/mol. The molecule has 1 amide bonds. The summed E-state index contributed by atoms with van der Waals surface area (Å²) in [5.41, 5.74) is 1.73. The van der Waals surface area contributed by atoms with Crippen LogP contribution in [-0.4, -0.2) is 29.7 Å². The molecule has 1 aliphatic heterocycles. The Morgan fingerprint density at radius 2 is 2.24 bits per heavy atom. The van der Waals surface area contributed by atoms with Crippen LogP contribution in [0.4, 0.5) is 0 Å². The lowest BCUT2D eigenvalue weighted by Gasteiger charge is -2.20. The van der Waals surface area contributed by atoms with E-state index in [1.807, 2.05) is 25.1 Å². The minimum absolute atomic E-state index is 0.0323. The zero-order chi connectivity index (χ0) is 12.4. The fraction of sp³-hybridized carbons (Fsp3) is 0.429. The summed E-state index contributed by atoms with van der Waals surface area (Å²) < 4.78 is 0. The topological polar surface area (TPSA) is 37.4 Å². The molecule has 0 N–H and O–H groups in total. The van der Waals surface area contributed by atoms with Gasteiger partial charge in [0.1, 0.15) is 6.29 Å². The molecular weight excluding hydrogens is 214 g/mol. The lowest BCUT2D eigenvalue weighted by atomic mass is 10.1. The fourth-order valence-corrected chi connectivity index (χ4v) is 2.39. The summed E-state index contributed by atoms with van der Waals surface area (Å²) in [5.74, 6) is 0.370. The Balaban J connectivity index is 2.22. The maximum Gasteiger partial charge on any atom is 0.254 e. The molecule has 0 aliphatic carbocycles. The Bertz CT molecular complexity index is 442. The summed E-state index contributed by atoms with van der Waals surface area (Å²) in [4.78, 5) is 24.9. The number of hydrogen-bond donors (Lipinski definition) is 0. The van der Waals surface area contributed by atoms with Crippen molar-refractivity contribution in [3.05, 3.63) is 35.4 Å².